The van der Waals surface area contributed by atoms with Gasteiger partial charge in [0, 0.05) is 24.1 Å². The van der Waals surface area contributed by atoms with Crippen molar-refractivity contribution in [2.75, 3.05) is 5.32 Å². The number of aromatic nitrogens is 4. The molecule has 0 aromatic carbocycles. The van der Waals surface area contributed by atoms with Crippen molar-refractivity contribution in [3.05, 3.63) is 58.7 Å². The van der Waals surface area contributed by atoms with E-state index in [0.717, 1.165) is 28.3 Å². The number of anilines is 1. The Labute approximate surface area is 153 Å². The van der Waals surface area contributed by atoms with Crippen LogP contribution in [0.15, 0.2) is 41.1 Å². The Morgan fingerprint density at radius 3 is 3.04 bits per heavy atom. The number of carbonyl (C=O) groups excluding carboxylic acids is 1. The van der Waals surface area contributed by atoms with E-state index in [0.29, 0.717) is 23.0 Å². The maximum absolute atomic E-state index is 12.3. The lowest BCUT2D eigenvalue weighted by Gasteiger charge is -2.23. The van der Waals surface area contributed by atoms with Crippen LogP contribution >= 0.6 is 11.6 Å². The molecule has 26 heavy (non-hydrogen) atoms. The summed E-state index contributed by atoms with van der Waals surface area (Å²) in [5.74, 6) is 0.890. The molecule has 7 nitrogen and oxygen atoms in total. The summed E-state index contributed by atoms with van der Waals surface area (Å²) in [5.41, 5.74) is 4.21. The zero-order valence-electron chi connectivity index (χ0n) is 13.8. The van der Waals surface area contributed by atoms with Crippen LogP contribution in [0.3, 0.4) is 0 Å². The summed E-state index contributed by atoms with van der Waals surface area (Å²) in [7, 11) is 0. The van der Waals surface area contributed by atoms with Gasteiger partial charge >= 0.3 is 0 Å². The minimum Gasteiger partial charge on any atom is -0.463 e. The van der Waals surface area contributed by atoms with Crippen molar-refractivity contribution in [3.63, 3.8) is 0 Å². The summed E-state index contributed by atoms with van der Waals surface area (Å²) >= 11 is 6.20. The van der Waals surface area contributed by atoms with Crippen LogP contribution in [0.2, 0.25) is 5.02 Å². The van der Waals surface area contributed by atoms with Crippen molar-refractivity contribution in [2.24, 2.45) is 0 Å². The van der Waals surface area contributed by atoms with Gasteiger partial charge in [-0.15, -0.1) is 0 Å². The summed E-state index contributed by atoms with van der Waals surface area (Å²) < 4.78 is 7.49. The number of hydrogen-bond acceptors (Lipinski definition) is 4. The van der Waals surface area contributed by atoms with Crippen molar-refractivity contribution in [1.29, 1.82) is 0 Å². The first-order chi connectivity index (χ1) is 12.6. The molecule has 2 N–H and O–H groups in total. The zero-order chi connectivity index (χ0) is 17.8. The number of furan rings is 1. The molecule has 0 saturated heterocycles. The lowest BCUT2D eigenvalue weighted by Crippen LogP contribution is -2.24. The number of imidazole rings is 1. The summed E-state index contributed by atoms with van der Waals surface area (Å²) in [4.78, 5) is 16.9. The summed E-state index contributed by atoms with van der Waals surface area (Å²) in [6.07, 6.45) is 3.73. The van der Waals surface area contributed by atoms with Gasteiger partial charge in [0.2, 0.25) is 5.91 Å². The molecule has 1 aliphatic rings. The van der Waals surface area contributed by atoms with E-state index in [-0.39, 0.29) is 11.8 Å². The number of aryl methyl sites for hydroxylation is 1. The van der Waals surface area contributed by atoms with Crippen LogP contribution in [-0.2, 0) is 4.79 Å². The number of pyridine rings is 1. The fraction of sp³-hybridized carbons (Fsp3) is 0.167. The molecule has 5 heterocycles. The number of hydrogen-bond donors (Lipinski definition) is 2. The van der Waals surface area contributed by atoms with Gasteiger partial charge in [0.1, 0.15) is 11.3 Å². The predicted molar refractivity (Wildman–Crippen MR) is 96.3 cm³/mol. The predicted octanol–water partition coefficient (Wildman–Crippen LogP) is 3.75. The van der Waals surface area contributed by atoms with E-state index in [1.165, 1.54) is 0 Å². The Morgan fingerprint density at radius 1 is 1.35 bits per heavy atom. The molecule has 0 spiro atoms. The maximum Gasteiger partial charge on any atom is 0.226 e. The molecule has 1 aliphatic heterocycles. The van der Waals surface area contributed by atoms with Gasteiger partial charge < -0.3 is 14.1 Å². The summed E-state index contributed by atoms with van der Waals surface area (Å²) in [6, 6.07) is 7.35. The van der Waals surface area contributed by atoms with E-state index in [1.807, 2.05) is 35.7 Å². The minimum atomic E-state index is -0.217. The molecule has 0 saturated carbocycles. The highest BCUT2D eigenvalue weighted by atomic mass is 35.5. The number of nitrogens with one attached hydrogen (secondary N) is 2. The zero-order valence-corrected chi connectivity index (χ0v) is 14.5. The number of fused-ring (bicyclic) bond motifs is 2. The average molecular weight is 368 g/mol. The van der Waals surface area contributed by atoms with Crippen molar-refractivity contribution in [1.82, 2.24) is 19.6 Å². The van der Waals surface area contributed by atoms with Crippen LogP contribution < -0.4 is 5.32 Å². The molecule has 0 unspecified atom stereocenters. The lowest BCUT2D eigenvalue weighted by atomic mass is 9.87. The van der Waals surface area contributed by atoms with E-state index in [9.17, 15) is 4.79 Å². The van der Waals surface area contributed by atoms with Crippen LogP contribution in [0.5, 0.6) is 0 Å². The fourth-order valence-electron chi connectivity index (χ4n) is 3.67. The number of rotatable bonds is 2. The van der Waals surface area contributed by atoms with Crippen molar-refractivity contribution >= 4 is 29.0 Å². The van der Waals surface area contributed by atoms with E-state index in [4.69, 9.17) is 16.0 Å². The van der Waals surface area contributed by atoms with E-state index in [2.05, 4.69) is 20.5 Å². The number of H-pyrrole nitrogens is 1. The molecule has 4 aromatic heterocycles. The molecule has 0 aliphatic carbocycles. The molecular weight excluding hydrogens is 354 g/mol. The minimum absolute atomic E-state index is 0.0867. The molecule has 1 atom stereocenters. The monoisotopic (exact) mass is 367 g/mol. The fourth-order valence-corrected chi connectivity index (χ4v) is 3.83. The molecule has 0 radical (unpaired) electrons. The first-order valence-electron chi connectivity index (χ1n) is 8.18. The van der Waals surface area contributed by atoms with E-state index >= 15 is 0 Å². The average Bonchev–Trinajstić information content (AvgIpc) is 3.31. The molecule has 130 valence electrons. The van der Waals surface area contributed by atoms with Crippen molar-refractivity contribution in [2.45, 2.75) is 19.3 Å². The van der Waals surface area contributed by atoms with Crippen molar-refractivity contribution < 1.29 is 9.21 Å². The van der Waals surface area contributed by atoms with Gasteiger partial charge in [0.15, 0.2) is 11.6 Å². The van der Waals surface area contributed by atoms with E-state index < -0.39 is 0 Å². The first-order valence-corrected chi connectivity index (χ1v) is 8.55. The van der Waals surface area contributed by atoms with E-state index in [1.54, 1.807) is 12.3 Å². The summed E-state index contributed by atoms with van der Waals surface area (Å²) in [5, 5.41) is 10.7. The van der Waals surface area contributed by atoms with Crippen LogP contribution in [0, 0.1) is 6.92 Å². The van der Waals surface area contributed by atoms with Gasteiger partial charge in [-0.3, -0.25) is 9.89 Å². The third-order valence-electron chi connectivity index (χ3n) is 4.70. The quantitative estimate of drug-likeness (QED) is 0.564. The number of amides is 1. The molecule has 5 rings (SSSR count). The van der Waals surface area contributed by atoms with Gasteiger partial charge in [0.25, 0.3) is 0 Å². The molecule has 1 amide bonds. The Kier molecular flexibility index (Phi) is 3.20. The van der Waals surface area contributed by atoms with Gasteiger partial charge in [0.05, 0.1) is 22.7 Å². The SMILES string of the molecule is Cc1nc2ccc(Cl)cn2c1[C@@H]1CC(=O)Nc2n[nH]c(-c3ccco3)c21. The second kappa shape index (κ2) is 5.47. The second-order valence-corrected chi connectivity index (χ2v) is 6.74. The standard InChI is InChI=1S/C18H14ClN5O2/c1-9-17(24-8-10(19)4-5-13(24)20-9)11-7-14(25)21-18-15(11)16(22-23-18)12-3-2-6-26-12/h2-6,8,11H,7H2,1H3,(H2,21,22,23,25)/t11-/m1/s1. The molecule has 0 fully saturated rings. The Morgan fingerprint density at radius 2 is 2.23 bits per heavy atom. The van der Waals surface area contributed by atoms with Crippen LogP contribution in [0.1, 0.15) is 29.3 Å². The summed E-state index contributed by atoms with van der Waals surface area (Å²) in [6.45, 7) is 1.94. The maximum atomic E-state index is 12.3. The van der Waals surface area contributed by atoms with Crippen LogP contribution in [0.25, 0.3) is 17.1 Å². The van der Waals surface area contributed by atoms with Crippen LogP contribution in [-0.4, -0.2) is 25.5 Å². The first kappa shape index (κ1) is 15.2. The van der Waals surface area contributed by atoms with Gasteiger partial charge in [-0.25, -0.2) is 4.98 Å². The number of carbonyl (C=O) groups is 1. The Bertz CT molecular complexity index is 1140. The smallest absolute Gasteiger partial charge is 0.226 e. The Hall–Kier alpha value is -3.06. The molecule has 8 heteroatoms. The highest BCUT2D eigenvalue weighted by molar-refractivity contribution is 6.30. The highest BCUT2D eigenvalue weighted by Gasteiger charge is 2.35. The number of halogens is 1. The third-order valence-corrected chi connectivity index (χ3v) is 4.92. The molecular formula is C18H14ClN5O2. The molecule has 4 aromatic rings. The van der Waals surface area contributed by atoms with Gasteiger partial charge in [-0.1, -0.05) is 11.6 Å². The second-order valence-electron chi connectivity index (χ2n) is 6.30. The molecule has 0 bridgehead atoms. The van der Waals surface area contributed by atoms with Gasteiger partial charge in [-0.05, 0) is 31.2 Å². The lowest BCUT2D eigenvalue weighted by molar-refractivity contribution is -0.116. The van der Waals surface area contributed by atoms with Gasteiger partial charge in [-0.2, -0.15) is 5.10 Å². The normalized spacial score (nSPS) is 16.7. The highest BCUT2D eigenvalue weighted by Crippen LogP contribution is 2.42. The largest absolute Gasteiger partial charge is 0.463 e. The Balaban J connectivity index is 1.77. The number of nitrogens with zero attached hydrogens (tertiary/aromatic N) is 3. The van der Waals surface area contributed by atoms with Crippen LogP contribution in [0.4, 0.5) is 5.82 Å². The van der Waals surface area contributed by atoms with Crippen molar-refractivity contribution in [3.8, 4) is 11.5 Å². The number of aromatic amines is 1. The third kappa shape index (κ3) is 2.17. The topological polar surface area (TPSA) is 88.2 Å².